The average Bonchev–Trinajstić information content (AvgIpc) is 2.69. The lowest BCUT2D eigenvalue weighted by Gasteiger charge is -2.09. The molecule has 1 saturated heterocycles. The quantitative estimate of drug-likeness (QED) is 0.889. The lowest BCUT2D eigenvalue weighted by atomic mass is 10.2. The molecule has 1 atom stereocenters. The Morgan fingerprint density at radius 3 is 2.87 bits per heavy atom. The Bertz CT molecular complexity index is 253. The molecule has 0 aliphatic carbocycles. The third-order valence-electron chi connectivity index (χ3n) is 2.23. The molecule has 0 amide bonds. The first-order chi connectivity index (χ1) is 6.45. The van der Waals surface area contributed by atoms with E-state index in [9.17, 15) is 0 Å². The van der Waals surface area contributed by atoms with Crippen LogP contribution in [0.1, 0.15) is 12.1 Å². The van der Waals surface area contributed by atoms with Crippen molar-refractivity contribution >= 4 is 24.8 Å². The number of pyridine rings is 1. The Morgan fingerprint density at radius 1 is 1.40 bits per heavy atom. The van der Waals surface area contributed by atoms with Gasteiger partial charge in [-0.3, -0.25) is 4.98 Å². The molecule has 15 heavy (non-hydrogen) atoms. The lowest BCUT2D eigenvalue weighted by molar-refractivity contribution is 0.189. The van der Waals surface area contributed by atoms with Crippen molar-refractivity contribution in [2.45, 2.75) is 19.0 Å². The van der Waals surface area contributed by atoms with E-state index < -0.39 is 0 Å². The molecule has 1 aromatic heterocycles. The highest BCUT2D eigenvalue weighted by atomic mass is 35.5. The molecule has 0 radical (unpaired) electrons. The van der Waals surface area contributed by atoms with Crippen molar-refractivity contribution in [3.8, 4) is 0 Å². The first-order valence-electron chi connectivity index (χ1n) is 4.66. The van der Waals surface area contributed by atoms with E-state index in [1.807, 2.05) is 24.4 Å². The molecular weight excluding hydrogens is 235 g/mol. The highest BCUT2D eigenvalue weighted by Gasteiger charge is 2.14. The number of hydrogen-bond acceptors (Lipinski definition) is 3. The summed E-state index contributed by atoms with van der Waals surface area (Å²) >= 11 is 0. The zero-order valence-corrected chi connectivity index (χ0v) is 10.0. The van der Waals surface area contributed by atoms with Crippen LogP contribution in [0.3, 0.4) is 0 Å². The van der Waals surface area contributed by atoms with Crippen molar-refractivity contribution in [2.75, 3.05) is 13.2 Å². The molecule has 5 heteroatoms. The van der Waals surface area contributed by atoms with Crippen molar-refractivity contribution in [1.82, 2.24) is 10.3 Å². The molecule has 1 aromatic rings. The molecule has 2 heterocycles. The summed E-state index contributed by atoms with van der Waals surface area (Å²) in [5.41, 5.74) is 1.09. The van der Waals surface area contributed by atoms with Gasteiger partial charge < -0.3 is 10.1 Å². The number of hydrogen-bond donors (Lipinski definition) is 1. The third kappa shape index (κ3) is 4.80. The van der Waals surface area contributed by atoms with Crippen LogP contribution in [-0.4, -0.2) is 24.2 Å². The molecule has 0 saturated carbocycles. The second-order valence-electron chi connectivity index (χ2n) is 3.26. The predicted octanol–water partition coefficient (Wildman–Crippen LogP) is 1.80. The van der Waals surface area contributed by atoms with Crippen molar-refractivity contribution in [2.24, 2.45) is 0 Å². The third-order valence-corrected chi connectivity index (χ3v) is 2.23. The van der Waals surface area contributed by atoms with E-state index in [4.69, 9.17) is 4.74 Å². The van der Waals surface area contributed by atoms with Gasteiger partial charge in [0.15, 0.2) is 0 Å². The molecule has 2 rings (SSSR count). The van der Waals surface area contributed by atoms with Gasteiger partial charge in [0.1, 0.15) is 0 Å². The Hall–Kier alpha value is -0.350. The van der Waals surface area contributed by atoms with E-state index in [-0.39, 0.29) is 24.8 Å². The van der Waals surface area contributed by atoms with Gasteiger partial charge in [0.25, 0.3) is 0 Å². The number of halogens is 2. The minimum absolute atomic E-state index is 0. The summed E-state index contributed by atoms with van der Waals surface area (Å²) in [5.74, 6) is 0. The molecule has 86 valence electrons. The van der Waals surface area contributed by atoms with Crippen molar-refractivity contribution in [3.05, 3.63) is 30.1 Å². The lowest BCUT2D eigenvalue weighted by Crippen LogP contribution is -2.28. The molecular formula is C10H16Cl2N2O. The van der Waals surface area contributed by atoms with E-state index in [0.717, 1.165) is 31.9 Å². The molecule has 0 spiro atoms. The van der Waals surface area contributed by atoms with Crippen LogP contribution in [0, 0.1) is 0 Å². The maximum atomic E-state index is 5.26. The highest BCUT2D eigenvalue weighted by Crippen LogP contribution is 2.04. The summed E-state index contributed by atoms with van der Waals surface area (Å²) in [6, 6.07) is 6.49. The smallest absolute Gasteiger partial charge is 0.0620 e. The topological polar surface area (TPSA) is 34.1 Å². The van der Waals surface area contributed by atoms with Gasteiger partial charge in [-0.05, 0) is 18.6 Å². The second-order valence-corrected chi connectivity index (χ2v) is 3.26. The summed E-state index contributed by atoms with van der Waals surface area (Å²) in [7, 11) is 0. The van der Waals surface area contributed by atoms with E-state index in [0.29, 0.717) is 6.04 Å². The summed E-state index contributed by atoms with van der Waals surface area (Å²) in [4.78, 5) is 4.24. The Morgan fingerprint density at radius 2 is 2.27 bits per heavy atom. The van der Waals surface area contributed by atoms with Crippen LogP contribution in [0.5, 0.6) is 0 Å². The maximum absolute atomic E-state index is 5.26. The Balaban J connectivity index is 0.000000980. The number of rotatable bonds is 3. The van der Waals surface area contributed by atoms with Gasteiger partial charge in [-0.2, -0.15) is 0 Å². The molecule has 1 fully saturated rings. The predicted molar refractivity (Wildman–Crippen MR) is 64.8 cm³/mol. The SMILES string of the molecule is Cl.Cl.c1ccc(CNC2CCOC2)nc1. The van der Waals surface area contributed by atoms with Gasteiger partial charge in [-0.15, -0.1) is 24.8 Å². The standard InChI is InChI=1S/C10H14N2O.2ClH/c1-2-5-11-9(3-1)7-12-10-4-6-13-8-10;;/h1-3,5,10,12H,4,6-8H2;2*1H. The fourth-order valence-electron chi connectivity index (χ4n) is 1.45. The summed E-state index contributed by atoms with van der Waals surface area (Å²) in [6.45, 7) is 2.57. The number of nitrogens with one attached hydrogen (secondary N) is 1. The number of ether oxygens (including phenoxy) is 1. The monoisotopic (exact) mass is 250 g/mol. The van der Waals surface area contributed by atoms with Crippen LogP contribution < -0.4 is 5.32 Å². The van der Waals surface area contributed by atoms with Crippen LogP contribution in [-0.2, 0) is 11.3 Å². The second kappa shape index (κ2) is 7.88. The normalized spacial score (nSPS) is 19.1. The Kier molecular flexibility index (Phi) is 7.70. The first kappa shape index (κ1) is 14.6. The largest absolute Gasteiger partial charge is 0.380 e. The minimum atomic E-state index is 0. The van der Waals surface area contributed by atoms with Crippen molar-refractivity contribution in [3.63, 3.8) is 0 Å². The number of nitrogens with zero attached hydrogens (tertiary/aromatic N) is 1. The van der Waals surface area contributed by atoms with Crippen LogP contribution in [0.15, 0.2) is 24.4 Å². The fraction of sp³-hybridized carbons (Fsp3) is 0.500. The van der Waals surface area contributed by atoms with E-state index in [1.165, 1.54) is 0 Å². The summed E-state index contributed by atoms with van der Waals surface area (Å²) < 4.78 is 5.26. The van der Waals surface area contributed by atoms with Gasteiger partial charge in [-0.1, -0.05) is 6.07 Å². The van der Waals surface area contributed by atoms with Crippen molar-refractivity contribution in [1.29, 1.82) is 0 Å². The average molecular weight is 251 g/mol. The van der Waals surface area contributed by atoms with Gasteiger partial charge in [0, 0.05) is 25.4 Å². The summed E-state index contributed by atoms with van der Waals surface area (Å²) in [5, 5.41) is 3.41. The van der Waals surface area contributed by atoms with Gasteiger partial charge in [0.05, 0.1) is 12.3 Å². The molecule has 3 nitrogen and oxygen atoms in total. The van der Waals surface area contributed by atoms with Gasteiger partial charge in [0.2, 0.25) is 0 Å². The molecule has 1 unspecified atom stereocenters. The van der Waals surface area contributed by atoms with Gasteiger partial charge in [-0.25, -0.2) is 0 Å². The molecule has 1 aliphatic heterocycles. The van der Waals surface area contributed by atoms with Crippen LogP contribution in [0.25, 0.3) is 0 Å². The molecule has 0 bridgehead atoms. The zero-order valence-electron chi connectivity index (χ0n) is 8.39. The van der Waals surface area contributed by atoms with Crippen LogP contribution in [0.2, 0.25) is 0 Å². The molecule has 1 aliphatic rings. The molecule has 0 aromatic carbocycles. The van der Waals surface area contributed by atoms with Crippen LogP contribution in [0.4, 0.5) is 0 Å². The van der Waals surface area contributed by atoms with Crippen LogP contribution >= 0.6 is 24.8 Å². The molecule has 1 N–H and O–H groups in total. The highest BCUT2D eigenvalue weighted by molar-refractivity contribution is 5.85. The van der Waals surface area contributed by atoms with Crippen molar-refractivity contribution < 1.29 is 4.74 Å². The number of aromatic nitrogens is 1. The van der Waals surface area contributed by atoms with E-state index in [2.05, 4.69) is 10.3 Å². The summed E-state index contributed by atoms with van der Waals surface area (Å²) in [6.07, 6.45) is 2.94. The maximum Gasteiger partial charge on any atom is 0.0620 e. The zero-order chi connectivity index (χ0) is 8.93. The van der Waals surface area contributed by atoms with E-state index in [1.54, 1.807) is 0 Å². The fourth-order valence-corrected chi connectivity index (χ4v) is 1.45. The first-order valence-corrected chi connectivity index (χ1v) is 4.66. The minimum Gasteiger partial charge on any atom is -0.380 e. The Labute approximate surface area is 102 Å². The van der Waals surface area contributed by atoms with Gasteiger partial charge >= 0.3 is 0 Å². The van der Waals surface area contributed by atoms with E-state index >= 15 is 0 Å².